The lowest BCUT2D eigenvalue weighted by Gasteiger charge is -2.17. The molecule has 1 aromatic carbocycles. The van der Waals surface area contributed by atoms with Crippen LogP contribution >= 0.6 is 24.0 Å². The minimum absolute atomic E-state index is 0. The smallest absolute Gasteiger partial charge is 0.188 e. The highest BCUT2D eigenvalue weighted by molar-refractivity contribution is 14.0. The summed E-state index contributed by atoms with van der Waals surface area (Å²) < 4.78 is 12.8. The summed E-state index contributed by atoms with van der Waals surface area (Å²) >= 11 is 0. The Kier molecular flexibility index (Phi) is 13.0. The maximum Gasteiger partial charge on any atom is 0.188 e. The van der Waals surface area contributed by atoms with Gasteiger partial charge in [-0.1, -0.05) is 38.3 Å². The molecule has 0 bridgehead atoms. The Morgan fingerprint density at radius 2 is 1.91 bits per heavy atom. The SMILES string of the molecule is CCCCCCN=C(N)NCCN(C)Cc1ccc(F)cc1.I. The molecule has 0 amide bonds. The molecular weight excluding hydrogens is 406 g/mol. The van der Waals surface area contributed by atoms with Crippen LogP contribution in [-0.2, 0) is 6.54 Å². The van der Waals surface area contributed by atoms with Crippen LogP contribution < -0.4 is 11.1 Å². The standard InChI is InChI=1S/C17H29FN4.HI/c1-3-4-5-6-11-20-17(19)21-12-13-22(2)14-15-7-9-16(18)10-8-15;/h7-10H,3-6,11-14H2,1-2H3,(H3,19,20,21);1H. The molecule has 0 spiro atoms. The van der Waals surface area contributed by atoms with E-state index in [2.05, 4.69) is 22.1 Å². The van der Waals surface area contributed by atoms with E-state index in [9.17, 15) is 4.39 Å². The Balaban J connectivity index is 0.00000484. The monoisotopic (exact) mass is 436 g/mol. The molecule has 132 valence electrons. The maximum atomic E-state index is 12.8. The van der Waals surface area contributed by atoms with Crippen LogP contribution in [0.5, 0.6) is 0 Å². The van der Waals surface area contributed by atoms with Crippen molar-refractivity contribution in [3.63, 3.8) is 0 Å². The van der Waals surface area contributed by atoms with E-state index in [1.807, 2.05) is 19.2 Å². The van der Waals surface area contributed by atoms with Gasteiger partial charge in [-0.2, -0.15) is 0 Å². The zero-order chi connectivity index (χ0) is 16.2. The summed E-state index contributed by atoms with van der Waals surface area (Å²) in [4.78, 5) is 6.47. The van der Waals surface area contributed by atoms with Crippen LogP contribution in [0.15, 0.2) is 29.3 Å². The highest BCUT2D eigenvalue weighted by Gasteiger charge is 2.01. The van der Waals surface area contributed by atoms with Gasteiger partial charge in [0.1, 0.15) is 5.82 Å². The molecule has 0 saturated carbocycles. The second-order valence-electron chi connectivity index (χ2n) is 5.62. The molecule has 0 aromatic heterocycles. The van der Waals surface area contributed by atoms with Crippen LogP contribution in [0.4, 0.5) is 4.39 Å². The molecule has 0 unspecified atom stereocenters. The van der Waals surface area contributed by atoms with Crippen molar-refractivity contribution < 1.29 is 4.39 Å². The predicted octanol–water partition coefficient (Wildman–Crippen LogP) is 3.36. The van der Waals surface area contributed by atoms with Gasteiger partial charge in [-0.25, -0.2) is 4.39 Å². The molecule has 0 aliphatic carbocycles. The normalized spacial score (nSPS) is 11.4. The first kappa shape index (κ1) is 22.1. The first-order valence-electron chi connectivity index (χ1n) is 8.08. The van der Waals surface area contributed by atoms with Gasteiger partial charge in [0.05, 0.1) is 0 Å². The molecule has 3 N–H and O–H groups in total. The number of hydrogen-bond acceptors (Lipinski definition) is 2. The number of nitrogens with one attached hydrogen (secondary N) is 1. The first-order chi connectivity index (χ1) is 10.6. The number of hydrogen-bond donors (Lipinski definition) is 2. The Bertz CT molecular complexity index is 437. The molecule has 4 nitrogen and oxygen atoms in total. The largest absolute Gasteiger partial charge is 0.370 e. The molecule has 0 saturated heterocycles. The quantitative estimate of drug-likeness (QED) is 0.256. The molecule has 0 fully saturated rings. The predicted molar refractivity (Wildman–Crippen MR) is 107 cm³/mol. The fourth-order valence-electron chi connectivity index (χ4n) is 2.15. The van der Waals surface area contributed by atoms with E-state index in [1.54, 1.807) is 0 Å². The van der Waals surface area contributed by atoms with E-state index >= 15 is 0 Å². The summed E-state index contributed by atoms with van der Waals surface area (Å²) in [5, 5.41) is 3.13. The average molecular weight is 436 g/mol. The molecular formula is C17H30FIN4. The van der Waals surface area contributed by atoms with Gasteiger partial charge in [-0.15, -0.1) is 24.0 Å². The van der Waals surface area contributed by atoms with Gasteiger partial charge >= 0.3 is 0 Å². The van der Waals surface area contributed by atoms with Crippen molar-refractivity contribution in [1.29, 1.82) is 0 Å². The third kappa shape index (κ3) is 11.3. The topological polar surface area (TPSA) is 53.6 Å². The van der Waals surface area contributed by atoms with Crippen LogP contribution in [0, 0.1) is 5.82 Å². The zero-order valence-electron chi connectivity index (χ0n) is 14.2. The number of halogens is 2. The maximum absolute atomic E-state index is 12.8. The fraction of sp³-hybridized carbons (Fsp3) is 0.588. The van der Waals surface area contributed by atoms with Gasteiger partial charge in [-0.3, -0.25) is 4.99 Å². The Labute approximate surface area is 156 Å². The van der Waals surface area contributed by atoms with Crippen LogP contribution in [0.3, 0.4) is 0 Å². The first-order valence-corrected chi connectivity index (χ1v) is 8.08. The van der Waals surface area contributed by atoms with Gasteiger partial charge in [0.15, 0.2) is 5.96 Å². The summed E-state index contributed by atoms with van der Waals surface area (Å²) in [5.74, 6) is 0.322. The molecule has 1 aromatic rings. The summed E-state index contributed by atoms with van der Waals surface area (Å²) in [6.07, 6.45) is 4.81. The van der Waals surface area contributed by atoms with Gasteiger partial charge in [-0.05, 0) is 31.2 Å². The summed E-state index contributed by atoms with van der Waals surface area (Å²) in [5.41, 5.74) is 6.92. The van der Waals surface area contributed by atoms with E-state index in [1.165, 1.54) is 31.4 Å². The van der Waals surface area contributed by atoms with Crippen molar-refractivity contribution in [2.24, 2.45) is 10.7 Å². The number of unbranched alkanes of at least 4 members (excludes halogenated alkanes) is 3. The Morgan fingerprint density at radius 1 is 1.22 bits per heavy atom. The van der Waals surface area contributed by atoms with Crippen molar-refractivity contribution in [1.82, 2.24) is 10.2 Å². The highest BCUT2D eigenvalue weighted by Crippen LogP contribution is 2.05. The zero-order valence-corrected chi connectivity index (χ0v) is 16.6. The van der Waals surface area contributed by atoms with Crippen molar-refractivity contribution in [3.8, 4) is 0 Å². The van der Waals surface area contributed by atoms with Crippen LogP contribution in [-0.4, -0.2) is 37.5 Å². The number of nitrogens with two attached hydrogens (primary N) is 1. The fourth-order valence-corrected chi connectivity index (χ4v) is 2.15. The third-order valence-corrected chi connectivity index (χ3v) is 3.46. The summed E-state index contributed by atoms with van der Waals surface area (Å²) in [7, 11) is 2.03. The van der Waals surface area contributed by atoms with Crippen molar-refractivity contribution >= 4 is 29.9 Å². The molecule has 0 atom stereocenters. The van der Waals surface area contributed by atoms with Crippen LogP contribution in [0.2, 0.25) is 0 Å². The number of likely N-dealkylation sites (N-methyl/N-ethyl adjacent to an activating group) is 1. The summed E-state index contributed by atoms with van der Waals surface area (Å²) in [6.45, 7) is 5.38. The van der Waals surface area contributed by atoms with Gasteiger partial charge in [0.25, 0.3) is 0 Å². The minimum atomic E-state index is -0.198. The lowest BCUT2D eigenvalue weighted by Crippen LogP contribution is -2.37. The van der Waals surface area contributed by atoms with Crippen molar-refractivity contribution in [3.05, 3.63) is 35.6 Å². The molecule has 0 aliphatic heterocycles. The van der Waals surface area contributed by atoms with Crippen LogP contribution in [0.1, 0.15) is 38.2 Å². The number of rotatable bonds is 10. The van der Waals surface area contributed by atoms with E-state index < -0.39 is 0 Å². The van der Waals surface area contributed by atoms with Crippen molar-refractivity contribution in [2.45, 2.75) is 39.2 Å². The van der Waals surface area contributed by atoms with E-state index in [4.69, 9.17) is 5.73 Å². The van der Waals surface area contributed by atoms with Gasteiger partial charge in [0, 0.05) is 26.2 Å². The third-order valence-electron chi connectivity index (χ3n) is 3.46. The lowest BCUT2D eigenvalue weighted by molar-refractivity contribution is 0.331. The number of guanidine groups is 1. The molecule has 6 heteroatoms. The van der Waals surface area contributed by atoms with Crippen LogP contribution in [0.25, 0.3) is 0 Å². The lowest BCUT2D eigenvalue weighted by atomic mass is 10.2. The van der Waals surface area contributed by atoms with Crippen molar-refractivity contribution in [2.75, 3.05) is 26.7 Å². The number of aliphatic imine (C=N–C) groups is 1. The average Bonchev–Trinajstić information content (AvgIpc) is 2.49. The van der Waals surface area contributed by atoms with Gasteiger partial charge in [0.2, 0.25) is 0 Å². The van der Waals surface area contributed by atoms with E-state index in [0.29, 0.717) is 5.96 Å². The van der Waals surface area contributed by atoms with E-state index in [-0.39, 0.29) is 29.8 Å². The molecule has 1 rings (SSSR count). The number of nitrogens with zero attached hydrogens (tertiary/aromatic N) is 2. The minimum Gasteiger partial charge on any atom is -0.370 e. The second kappa shape index (κ2) is 13.5. The highest BCUT2D eigenvalue weighted by atomic mass is 127. The summed E-state index contributed by atoms with van der Waals surface area (Å²) in [6, 6.07) is 6.60. The molecule has 0 heterocycles. The van der Waals surface area contributed by atoms with Gasteiger partial charge < -0.3 is 16.0 Å². The Morgan fingerprint density at radius 3 is 2.57 bits per heavy atom. The molecule has 0 radical (unpaired) electrons. The van der Waals surface area contributed by atoms with E-state index in [0.717, 1.165) is 38.2 Å². The second-order valence-corrected chi connectivity index (χ2v) is 5.62. The molecule has 23 heavy (non-hydrogen) atoms. The Hall–Kier alpha value is -0.890. The molecule has 0 aliphatic rings. The number of benzene rings is 1.